The van der Waals surface area contributed by atoms with E-state index in [1.54, 1.807) is 19.2 Å². The highest BCUT2D eigenvalue weighted by Gasteiger charge is 2.30. The third-order valence-electron chi connectivity index (χ3n) is 5.34. The van der Waals surface area contributed by atoms with Crippen molar-refractivity contribution in [3.63, 3.8) is 0 Å². The van der Waals surface area contributed by atoms with Gasteiger partial charge in [0.25, 0.3) is 6.02 Å². The Morgan fingerprint density at radius 1 is 1.10 bits per heavy atom. The van der Waals surface area contributed by atoms with Gasteiger partial charge in [0.1, 0.15) is 0 Å². The van der Waals surface area contributed by atoms with Gasteiger partial charge in [0.05, 0.1) is 33.7 Å². The molecule has 0 amide bonds. The first-order chi connectivity index (χ1) is 14.0. The van der Waals surface area contributed by atoms with Crippen LogP contribution in [0.25, 0.3) is 0 Å². The van der Waals surface area contributed by atoms with Crippen molar-refractivity contribution in [2.45, 2.75) is 39.3 Å². The van der Waals surface area contributed by atoms with Gasteiger partial charge in [-0.2, -0.15) is 4.39 Å². The number of aliphatic imine (C=N–C) groups is 1. The first-order valence-corrected chi connectivity index (χ1v) is 10.4. The summed E-state index contributed by atoms with van der Waals surface area (Å²) in [6.07, 6.45) is 2.07. The van der Waals surface area contributed by atoms with Crippen molar-refractivity contribution in [2.75, 3.05) is 53.8 Å². The lowest BCUT2D eigenvalue weighted by Crippen LogP contribution is -2.53. The van der Waals surface area contributed by atoms with Crippen molar-refractivity contribution < 1.29 is 18.6 Å². The number of rotatable bonds is 7. The molecule has 0 spiro atoms. The average Bonchev–Trinajstić information content (AvgIpc) is 2.72. The molecule has 2 aliphatic heterocycles. The normalized spacial score (nSPS) is 19.2. The molecule has 0 aromatic heterocycles. The molecule has 1 saturated heterocycles. The molecule has 1 fully saturated rings. The van der Waals surface area contributed by atoms with E-state index in [9.17, 15) is 4.39 Å². The Morgan fingerprint density at radius 3 is 2.28 bits per heavy atom. The molecule has 0 radical (unpaired) electrons. The Balaban J connectivity index is 1.63. The predicted molar refractivity (Wildman–Crippen MR) is 111 cm³/mol. The predicted octanol–water partition coefficient (Wildman–Crippen LogP) is 2.75. The molecule has 162 valence electrons. The van der Waals surface area contributed by atoms with Crippen molar-refractivity contribution in [3.8, 4) is 11.5 Å². The third kappa shape index (κ3) is 5.30. The zero-order chi connectivity index (χ0) is 20.8. The molecule has 7 nitrogen and oxygen atoms in total. The molecule has 0 N–H and O–H groups in total. The standard InChI is InChI=1S/C21H33FN4O3/c1-5-28-18-11-16(12-19(20(18)22)29-6-2)13-25-9-7-17(8-10-25)26-15-24(3)14-23-21(26)27-4/h11-12,17H,5-10,13-15H2,1-4H3. The summed E-state index contributed by atoms with van der Waals surface area (Å²) in [5.74, 6) is 0.109. The number of amidine groups is 1. The van der Waals surface area contributed by atoms with E-state index in [1.165, 1.54) is 0 Å². The van der Waals surface area contributed by atoms with Gasteiger partial charge in [0, 0.05) is 25.7 Å². The van der Waals surface area contributed by atoms with Gasteiger partial charge in [-0.15, -0.1) is 0 Å². The van der Waals surface area contributed by atoms with Crippen molar-refractivity contribution in [2.24, 2.45) is 4.99 Å². The van der Waals surface area contributed by atoms with Crippen LogP contribution in [0, 0.1) is 5.82 Å². The van der Waals surface area contributed by atoms with Crippen LogP contribution in [-0.2, 0) is 11.3 Å². The molecule has 2 aliphatic rings. The molecule has 0 atom stereocenters. The summed E-state index contributed by atoms with van der Waals surface area (Å²) in [6, 6.07) is 4.74. The van der Waals surface area contributed by atoms with Crippen LogP contribution in [0.2, 0.25) is 0 Å². The van der Waals surface area contributed by atoms with E-state index in [4.69, 9.17) is 14.2 Å². The Morgan fingerprint density at radius 2 is 1.72 bits per heavy atom. The van der Waals surface area contributed by atoms with Crippen molar-refractivity contribution in [1.82, 2.24) is 14.7 Å². The Bertz CT molecular complexity index is 680. The first-order valence-electron chi connectivity index (χ1n) is 10.4. The van der Waals surface area contributed by atoms with Crippen LogP contribution in [0.1, 0.15) is 32.3 Å². The monoisotopic (exact) mass is 408 g/mol. The van der Waals surface area contributed by atoms with E-state index in [0.29, 0.717) is 25.9 Å². The average molecular weight is 409 g/mol. The molecule has 2 heterocycles. The van der Waals surface area contributed by atoms with E-state index in [-0.39, 0.29) is 11.5 Å². The largest absolute Gasteiger partial charge is 0.491 e. The maximum atomic E-state index is 14.5. The minimum Gasteiger partial charge on any atom is -0.491 e. The summed E-state index contributed by atoms with van der Waals surface area (Å²) < 4.78 is 30.9. The maximum absolute atomic E-state index is 14.5. The van der Waals surface area contributed by atoms with Gasteiger partial charge in [-0.05, 0) is 51.4 Å². The Kier molecular flexibility index (Phi) is 7.55. The van der Waals surface area contributed by atoms with Gasteiger partial charge in [-0.3, -0.25) is 9.80 Å². The van der Waals surface area contributed by atoms with Crippen molar-refractivity contribution in [1.29, 1.82) is 0 Å². The fraction of sp³-hybridized carbons (Fsp3) is 0.667. The number of nitrogens with zero attached hydrogens (tertiary/aromatic N) is 4. The highest BCUT2D eigenvalue weighted by molar-refractivity contribution is 5.74. The van der Waals surface area contributed by atoms with Crippen LogP contribution in [0.3, 0.4) is 0 Å². The number of piperidine rings is 1. The summed E-state index contributed by atoms with van der Waals surface area (Å²) >= 11 is 0. The van der Waals surface area contributed by atoms with Crippen LogP contribution in [-0.4, -0.2) is 80.6 Å². The van der Waals surface area contributed by atoms with Gasteiger partial charge in [0.2, 0.25) is 5.82 Å². The molecule has 0 aliphatic carbocycles. The first kappa shape index (κ1) is 21.6. The molecule has 3 rings (SSSR count). The smallest absolute Gasteiger partial charge is 0.289 e. The third-order valence-corrected chi connectivity index (χ3v) is 5.34. The van der Waals surface area contributed by atoms with Gasteiger partial charge >= 0.3 is 0 Å². The van der Waals surface area contributed by atoms with E-state index in [1.807, 2.05) is 13.8 Å². The maximum Gasteiger partial charge on any atom is 0.289 e. The van der Waals surface area contributed by atoms with E-state index < -0.39 is 5.82 Å². The highest BCUT2D eigenvalue weighted by Crippen LogP contribution is 2.30. The zero-order valence-electron chi connectivity index (χ0n) is 18.0. The molecule has 0 saturated carbocycles. The number of hydrogen-bond donors (Lipinski definition) is 0. The molecule has 29 heavy (non-hydrogen) atoms. The zero-order valence-corrected chi connectivity index (χ0v) is 18.0. The summed E-state index contributed by atoms with van der Waals surface area (Å²) in [6.45, 7) is 8.74. The van der Waals surface area contributed by atoms with Gasteiger partial charge in [0.15, 0.2) is 11.5 Å². The minimum absolute atomic E-state index is 0.264. The van der Waals surface area contributed by atoms with Crippen LogP contribution >= 0.6 is 0 Å². The topological polar surface area (TPSA) is 49.8 Å². The van der Waals surface area contributed by atoms with Gasteiger partial charge in [-0.1, -0.05) is 0 Å². The fourth-order valence-electron chi connectivity index (χ4n) is 3.98. The number of benzene rings is 1. The van der Waals surface area contributed by atoms with E-state index >= 15 is 0 Å². The van der Waals surface area contributed by atoms with E-state index in [2.05, 4.69) is 26.7 Å². The van der Waals surface area contributed by atoms with Crippen LogP contribution in [0.5, 0.6) is 11.5 Å². The quantitative estimate of drug-likeness (QED) is 0.692. The lowest BCUT2D eigenvalue weighted by molar-refractivity contribution is 0.0813. The summed E-state index contributed by atoms with van der Waals surface area (Å²) in [5, 5.41) is 0. The van der Waals surface area contributed by atoms with Crippen LogP contribution in [0.15, 0.2) is 17.1 Å². The number of hydrogen-bond acceptors (Lipinski definition) is 7. The molecular formula is C21H33FN4O3. The van der Waals surface area contributed by atoms with Gasteiger partial charge < -0.3 is 19.1 Å². The SMILES string of the molecule is CCOc1cc(CN2CCC(N3CN(C)CN=C3OC)CC2)cc(OCC)c1F. The summed E-state index contributed by atoms with van der Waals surface area (Å²) in [5.41, 5.74) is 1.01. The molecular weight excluding hydrogens is 375 g/mol. The number of ether oxygens (including phenoxy) is 3. The van der Waals surface area contributed by atoms with Crippen molar-refractivity contribution >= 4 is 6.02 Å². The molecule has 1 aromatic rings. The molecule has 0 bridgehead atoms. The lowest BCUT2D eigenvalue weighted by atomic mass is 10.0. The van der Waals surface area contributed by atoms with Crippen molar-refractivity contribution in [3.05, 3.63) is 23.5 Å². The van der Waals surface area contributed by atoms with E-state index in [0.717, 1.165) is 50.7 Å². The molecule has 8 heteroatoms. The number of halogens is 1. The van der Waals surface area contributed by atoms with Crippen LogP contribution in [0.4, 0.5) is 4.39 Å². The number of methoxy groups -OCH3 is 1. The van der Waals surface area contributed by atoms with Crippen LogP contribution < -0.4 is 9.47 Å². The molecule has 0 unspecified atom stereocenters. The summed E-state index contributed by atoms with van der Waals surface area (Å²) in [7, 11) is 3.76. The van der Waals surface area contributed by atoms with Gasteiger partial charge in [-0.25, -0.2) is 4.99 Å². The Hall–Kier alpha value is -2.06. The summed E-state index contributed by atoms with van der Waals surface area (Å²) in [4.78, 5) is 11.3. The second-order valence-corrected chi connectivity index (χ2v) is 7.53. The fourth-order valence-corrected chi connectivity index (χ4v) is 3.98. The molecule has 1 aromatic carbocycles. The lowest BCUT2D eigenvalue weighted by Gasteiger charge is -2.42. The second-order valence-electron chi connectivity index (χ2n) is 7.53. The Labute approximate surface area is 173 Å². The second kappa shape index (κ2) is 10.1. The highest BCUT2D eigenvalue weighted by atomic mass is 19.1. The number of likely N-dealkylation sites (tertiary alicyclic amines) is 1. The minimum atomic E-state index is -0.420.